The van der Waals surface area contributed by atoms with Gasteiger partial charge in [-0.1, -0.05) is 6.07 Å². The van der Waals surface area contributed by atoms with E-state index in [-0.39, 0.29) is 11.9 Å². The van der Waals surface area contributed by atoms with E-state index in [2.05, 4.69) is 10.3 Å². The van der Waals surface area contributed by atoms with E-state index in [1.54, 1.807) is 34.5 Å². The first kappa shape index (κ1) is 20.8. The fraction of sp³-hybridized carbons (Fsp3) is 0.450. The molecule has 2 fully saturated rings. The molecular formula is C20H23N5O3S2. The number of hydrogen-bond acceptors (Lipinski definition) is 7. The molecule has 2 aromatic heterocycles. The van der Waals surface area contributed by atoms with Crippen LogP contribution in [0.4, 0.5) is 5.82 Å². The molecule has 4 rings (SSSR count). The third kappa shape index (κ3) is 4.19. The molecule has 0 unspecified atom stereocenters. The fourth-order valence-corrected chi connectivity index (χ4v) is 6.78. The van der Waals surface area contributed by atoms with Gasteiger partial charge in [0.25, 0.3) is 10.0 Å². The van der Waals surface area contributed by atoms with Gasteiger partial charge in [-0.05, 0) is 49.3 Å². The first-order valence-corrected chi connectivity index (χ1v) is 12.3. The number of likely N-dealkylation sites (tertiary alicyclic amines) is 1. The van der Waals surface area contributed by atoms with Crippen LogP contribution in [0.1, 0.15) is 31.2 Å². The van der Waals surface area contributed by atoms with Crippen molar-refractivity contribution < 1.29 is 13.2 Å². The summed E-state index contributed by atoms with van der Waals surface area (Å²) in [6.07, 6.45) is 4.32. The average Bonchev–Trinajstić information content (AvgIpc) is 3.47. The van der Waals surface area contributed by atoms with Crippen LogP contribution in [0.25, 0.3) is 0 Å². The van der Waals surface area contributed by atoms with Crippen LogP contribution in [0.2, 0.25) is 0 Å². The number of hydrogen-bond donors (Lipinski definition) is 1. The number of nitrogens with zero attached hydrogens (tertiary/aromatic N) is 4. The standard InChI is InChI=1S/C20H23N5O3S2/c21-13-15-5-6-18(22-14-15)23-16-7-10-24(11-8-16)20(26)17-3-1-9-25(17)30(27,28)19-4-2-12-29-19/h2,4-6,12,14,16-17H,1,3,7-11H2,(H,22,23)/t17-/m0/s1. The van der Waals surface area contributed by atoms with Crippen LogP contribution in [-0.4, -0.2) is 60.2 Å². The molecule has 0 aromatic carbocycles. The Bertz CT molecular complexity index is 1020. The second-order valence-electron chi connectivity index (χ2n) is 7.49. The molecule has 0 bridgehead atoms. The average molecular weight is 446 g/mol. The number of carbonyl (C=O) groups excluding carboxylic acids is 1. The topological polar surface area (TPSA) is 106 Å². The Labute approximate surface area is 180 Å². The zero-order chi connectivity index (χ0) is 21.1. The fourth-order valence-electron chi connectivity index (χ4n) is 4.01. The van der Waals surface area contributed by atoms with Gasteiger partial charge in [0.1, 0.15) is 22.1 Å². The van der Waals surface area contributed by atoms with E-state index in [0.717, 1.165) is 12.8 Å². The number of carbonyl (C=O) groups is 1. The molecule has 2 aliphatic heterocycles. The highest BCUT2D eigenvalue weighted by Crippen LogP contribution is 2.30. The minimum Gasteiger partial charge on any atom is -0.367 e. The molecule has 0 spiro atoms. The van der Waals surface area contributed by atoms with Crippen LogP contribution in [0.15, 0.2) is 40.1 Å². The Morgan fingerprint density at radius 3 is 2.63 bits per heavy atom. The van der Waals surface area contributed by atoms with E-state index >= 15 is 0 Å². The highest BCUT2D eigenvalue weighted by atomic mass is 32.2. The summed E-state index contributed by atoms with van der Waals surface area (Å²) in [7, 11) is -3.62. The Kier molecular flexibility index (Phi) is 6.04. The van der Waals surface area contributed by atoms with Gasteiger partial charge in [-0.25, -0.2) is 13.4 Å². The van der Waals surface area contributed by atoms with Gasteiger partial charge in [-0.2, -0.15) is 9.57 Å². The third-order valence-corrected chi connectivity index (χ3v) is 8.88. The molecule has 1 amide bonds. The van der Waals surface area contributed by atoms with Crippen molar-refractivity contribution in [3.05, 3.63) is 41.4 Å². The Hall–Kier alpha value is -2.48. The summed E-state index contributed by atoms with van der Waals surface area (Å²) in [5, 5.41) is 13.9. The zero-order valence-electron chi connectivity index (χ0n) is 16.4. The van der Waals surface area contributed by atoms with Crippen LogP contribution in [0, 0.1) is 11.3 Å². The maximum atomic E-state index is 13.1. The van der Waals surface area contributed by atoms with Gasteiger partial charge in [-0.15, -0.1) is 11.3 Å². The van der Waals surface area contributed by atoms with E-state index in [1.165, 1.54) is 21.8 Å². The minimum absolute atomic E-state index is 0.0948. The van der Waals surface area contributed by atoms with Gasteiger partial charge in [0.15, 0.2) is 0 Å². The summed E-state index contributed by atoms with van der Waals surface area (Å²) in [4.78, 5) is 19.1. The first-order valence-electron chi connectivity index (χ1n) is 9.96. The predicted molar refractivity (Wildman–Crippen MR) is 113 cm³/mol. The number of nitriles is 1. The smallest absolute Gasteiger partial charge is 0.253 e. The third-order valence-electron chi connectivity index (χ3n) is 5.60. The molecular weight excluding hydrogens is 422 g/mol. The molecule has 4 heterocycles. The lowest BCUT2D eigenvalue weighted by molar-refractivity contribution is -0.135. The van der Waals surface area contributed by atoms with Gasteiger partial charge < -0.3 is 10.2 Å². The van der Waals surface area contributed by atoms with Crippen molar-refractivity contribution in [2.45, 2.75) is 42.0 Å². The normalized spacial score (nSPS) is 20.8. The minimum atomic E-state index is -3.62. The SMILES string of the molecule is N#Cc1ccc(NC2CCN(C(=O)[C@@H]3CCCN3S(=O)(=O)c3cccs3)CC2)nc1. The van der Waals surface area contributed by atoms with Crippen molar-refractivity contribution in [1.29, 1.82) is 5.26 Å². The molecule has 0 aliphatic carbocycles. The second-order valence-corrected chi connectivity index (χ2v) is 10.6. The van der Waals surface area contributed by atoms with Crippen molar-refractivity contribution in [2.75, 3.05) is 25.0 Å². The number of anilines is 1. The molecule has 2 saturated heterocycles. The van der Waals surface area contributed by atoms with E-state index in [0.29, 0.717) is 48.1 Å². The highest BCUT2D eigenvalue weighted by Gasteiger charge is 2.42. The summed E-state index contributed by atoms with van der Waals surface area (Å²) in [6.45, 7) is 1.55. The van der Waals surface area contributed by atoms with Crippen molar-refractivity contribution in [1.82, 2.24) is 14.2 Å². The zero-order valence-corrected chi connectivity index (χ0v) is 18.0. The Balaban J connectivity index is 1.36. The number of pyridine rings is 1. The number of rotatable bonds is 5. The lowest BCUT2D eigenvalue weighted by atomic mass is 10.0. The molecule has 0 saturated carbocycles. The van der Waals surface area contributed by atoms with Gasteiger partial charge >= 0.3 is 0 Å². The van der Waals surface area contributed by atoms with Crippen molar-refractivity contribution in [3.63, 3.8) is 0 Å². The number of thiophene rings is 1. The van der Waals surface area contributed by atoms with Gasteiger partial charge in [0.05, 0.1) is 5.56 Å². The number of aromatic nitrogens is 1. The van der Waals surface area contributed by atoms with Crippen LogP contribution >= 0.6 is 11.3 Å². The second kappa shape index (κ2) is 8.71. The van der Waals surface area contributed by atoms with Gasteiger partial charge in [0, 0.05) is 31.9 Å². The summed E-state index contributed by atoms with van der Waals surface area (Å²) in [6, 6.07) is 8.42. The highest BCUT2D eigenvalue weighted by molar-refractivity contribution is 7.91. The van der Waals surface area contributed by atoms with Crippen LogP contribution in [0.5, 0.6) is 0 Å². The summed E-state index contributed by atoms with van der Waals surface area (Å²) in [5.41, 5.74) is 0.514. The summed E-state index contributed by atoms with van der Waals surface area (Å²) >= 11 is 1.18. The van der Waals surface area contributed by atoms with Gasteiger partial charge in [-0.3, -0.25) is 4.79 Å². The number of amides is 1. The van der Waals surface area contributed by atoms with Crippen molar-refractivity contribution >= 4 is 33.1 Å². The molecule has 1 N–H and O–H groups in total. The molecule has 8 nitrogen and oxygen atoms in total. The first-order chi connectivity index (χ1) is 14.5. The number of nitrogens with one attached hydrogen (secondary N) is 1. The lowest BCUT2D eigenvalue weighted by Gasteiger charge is -2.35. The van der Waals surface area contributed by atoms with Gasteiger partial charge in [0.2, 0.25) is 5.91 Å². The quantitative estimate of drug-likeness (QED) is 0.757. The van der Waals surface area contributed by atoms with Crippen LogP contribution < -0.4 is 5.32 Å². The molecule has 0 radical (unpaired) electrons. The molecule has 2 aromatic rings. The molecule has 158 valence electrons. The molecule has 2 aliphatic rings. The van der Waals surface area contributed by atoms with Crippen molar-refractivity contribution in [2.24, 2.45) is 0 Å². The Morgan fingerprint density at radius 2 is 2.00 bits per heavy atom. The van der Waals surface area contributed by atoms with E-state index < -0.39 is 16.1 Å². The Morgan fingerprint density at radius 1 is 1.20 bits per heavy atom. The van der Waals surface area contributed by atoms with Crippen LogP contribution in [0.3, 0.4) is 0 Å². The maximum absolute atomic E-state index is 13.1. The molecule has 1 atom stereocenters. The van der Waals surface area contributed by atoms with Crippen molar-refractivity contribution in [3.8, 4) is 6.07 Å². The maximum Gasteiger partial charge on any atom is 0.253 e. The molecule has 10 heteroatoms. The largest absolute Gasteiger partial charge is 0.367 e. The summed E-state index contributed by atoms with van der Waals surface area (Å²) < 4.78 is 27.5. The summed E-state index contributed by atoms with van der Waals surface area (Å²) in [5.74, 6) is 0.616. The predicted octanol–water partition coefficient (Wildman–Crippen LogP) is 2.27. The van der Waals surface area contributed by atoms with E-state index in [4.69, 9.17) is 5.26 Å². The lowest BCUT2D eigenvalue weighted by Crippen LogP contribution is -2.51. The molecule has 30 heavy (non-hydrogen) atoms. The van der Waals surface area contributed by atoms with E-state index in [9.17, 15) is 13.2 Å². The monoisotopic (exact) mass is 445 g/mol. The number of piperidine rings is 1. The number of sulfonamides is 1. The van der Waals surface area contributed by atoms with E-state index in [1.807, 2.05) is 6.07 Å². The van der Waals surface area contributed by atoms with Crippen LogP contribution in [-0.2, 0) is 14.8 Å².